The van der Waals surface area contributed by atoms with Crippen molar-refractivity contribution >= 4 is 0 Å². The molecule has 1 aliphatic heterocycles. The molecule has 2 aliphatic rings. The molecule has 4 rings (SSSR count). The van der Waals surface area contributed by atoms with Gasteiger partial charge >= 0.3 is 0 Å². The third-order valence-corrected chi connectivity index (χ3v) is 5.90. The van der Waals surface area contributed by atoms with Crippen LogP contribution in [0.3, 0.4) is 0 Å². The number of nitrogens with one attached hydrogen (secondary N) is 1. The predicted molar refractivity (Wildman–Crippen MR) is 108 cm³/mol. The molecule has 1 aliphatic carbocycles. The van der Waals surface area contributed by atoms with E-state index in [-0.39, 0.29) is 6.10 Å². The van der Waals surface area contributed by atoms with Crippen LogP contribution in [-0.2, 0) is 32.5 Å². The summed E-state index contributed by atoms with van der Waals surface area (Å²) in [6.45, 7) is 8.87. The SMILES string of the molecule is CC(C)n1nc2c(c1CNCc1ccccc1CN1CCC(O)C1)CCC2. The number of rotatable bonds is 7. The van der Waals surface area contributed by atoms with Gasteiger partial charge in [0.25, 0.3) is 0 Å². The minimum atomic E-state index is -0.159. The molecule has 1 fully saturated rings. The number of aliphatic hydroxyl groups is 1. The molecule has 146 valence electrons. The van der Waals surface area contributed by atoms with E-state index in [0.717, 1.165) is 45.6 Å². The van der Waals surface area contributed by atoms with Gasteiger partial charge in [-0.05, 0) is 56.2 Å². The smallest absolute Gasteiger partial charge is 0.0679 e. The van der Waals surface area contributed by atoms with E-state index in [1.807, 2.05) is 0 Å². The highest BCUT2D eigenvalue weighted by atomic mass is 16.3. The van der Waals surface area contributed by atoms with Gasteiger partial charge in [-0.15, -0.1) is 0 Å². The number of aromatic nitrogens is 2. The van der Waals surface area contributed by atoms with E-state index in [4.69, 9.17) is 5.10 Å². The van der Waals surface area contributed by atoms with E-state index in [9.17, 15) is 5.11 Å². The first-order valence-electron chi connectivity index (χ1n) is 10.4. The van der Waals surface area contributed by atoms with Crippen LogP contribution in [0.1, 0.15) is 60.8 Å². The second-order valence-electron chi connectivity index (χ2n) is 8.31. The number of aliphatic hydroxyl groups excluding tert-OH is 1. The first kappa shape index (κ1) is 18.7. The first-order valence-corrected chi connectivity index (χ1v) is 10.4. The van der Waals surface area contributed by atoms with E-state index in [1.165, 1.54) is 40.9 Å². The van der Waals surface area contributed by atoms with Crippen LogP contribution in [0.4, 0.5) is 0 Å². The van der Waals surface area contributed by atoms with Crippen molar-refractivity contribution in [2.45, 2.75) is 71.3 Å². The maximum absolute atomic E-state index is 9.78. The number of likely N-dealkylation sites (tertiary alicyclic amines) is 1. The van der Waals surface area contributed by atoms with Crippen LogP contribution in [0.5, 0.6) is 0 Å². The Balaban J connectivity index is 1.41. The van der Waals surface area contributed by atoms with Crippen LogP contribution in [0.2, 0.25) is 0 Å². The first-order chi connectivity index (χ1) is 13.1. The summed E-state index contributed by atoms with van der Waals surface area (Å²) in [6, 6.07) is 9.08. The van der Waals surface area contributed by atoms with Crippen molar-refractivity contribution in [2.24, 2.45) is 0 Å². The summed E-state index contributed by atoms with van der Waals surface area (Å²) in [4.78, 5) is 2.35. The third-order valence-electron chi connectivity index (χ3n) is 5.90. The number of nitrogens with zero attached hydrogens (tertiary/aromatic N) is 3. The van der Waals surface area contributed by atoms with Gasteiger partial charge in [-0.1, -0.05) is 24.3 Å². The van der Waals surface area contributed by atoms with Gasteiger partial charge < -0.3 is 10.4 Å². The normalized spacial score (nSPS) is 19.9. The Bertz CT molecular complexity index is 783. The second-order valence-corrected chi connectivity index (χ2v) is 8.31. The minimum Gasteiger partial charge on any atom is -0.392 e. The molecule has 1 aromatic carbocycles. The van der Waals surface area contributed by atoms with Crippen molar-refractivity contribution in [2.75, 3.05) is 13.1 Å². The van der Waals surface area contributed by atoms with E-state index < -0.39 is 0 Å². The summed E-state index contributed by atoms with van der Waals surface area (Å²) >= 11 is 0. The molecule has 1 atom stereocenters. The maximum atomic E-state index is 9.78. The minimum absolute atomic E-state index is 0.159. The standard InChI is InChI=1S/C22H32N4O/c1-16(2)26-22(20-8-5-9-21(20)24-26)13-23-12-17-6-3-4-7-18(17)14-25-11-10-19(27)15-25/h3-4,6-7,16,19,23,27H,5,8-15H2,1-2H3. The Kier molecular flexibility index (Phi) is 5.62. The van der Waals surface area contributed by atoms with Gasteiger partial charge in [0.2, 0.25) is 0 Å². The topological polar surface area (TPSA) is 53.3 Å². The second kappa shape index (κ2) is 8.13. The quantitative estimate of drug-likeness (QED) is 0.789. The van der Waals surface area contributed by atoms with Gasteiger partial charge in [-0.3, -0.25) is 9.58 Å². The lowest BCUT2D eigenvalue weighted by molar-refractivity contribution is 0.174. The molecule has 0 spiro atoms. The molecule has 1 unspecified atom stereocenters. The van der Waals surface area contributed by atoms with Crippen LogP contribution in [0.25, 0.3) is 0 Å². The zero-order valence-electron chi connectivity index (χ0n) is 16.6. The molecule has 0 amide bonds. The lowest BCUT2D eigenvalue weighted by Crippen LogP contribution is -2.23. The summed E-state index contributed by atoms with van der Waals surface area (Å²) in [5, 5.41) is 18.3. The molecule has 27 heavy (non-hydrogen) atoms. The Labute approximate surface area is 162 Å². The molecule has 5 nitrogen and oxygen atoms in total. The lowest BCUT2D eigenvalue weighted by atomic mass is 10.1. The van der Waals surface area contributed by atoms with E-state index in [0.29, 0.717) is 6.04 Å². The van der Waals surface area contributed by atoms with Crippen LogP contribution in [0.15, 0.2) is 24.3 Å². The van der Waals surface area contributed by atoms with Gasteiger partial charge in [0, 0.05) is 38.8 Å². The molecule has 2 aromatic rings. The number of fused-ring (bicyclic) bond motifs is 1. The molecule has 2 heterocycles. The summed E-state index contributed by atoms with van der Waals surface area (Å²) in [5.41, 5.74) is 6.88. The fourth-order valence-corrected chi connectivity index (χ4v) is 4.49. The average molecular weight is 369 g/mol. The van der Waals surface area contributed by atoms with Crippen molar-refractivity contribution in [1.29, 1.82) is 0 Å². The van der Waals surface area contributed by atoms with Crippen LogP contribution < -0.4 is 5.32 Å². The van der Waals surface area contributed by atoms with Gasteiger partial charge in [0.15, 0.2) is 0 Å². The number of benzene rings is 1. The number of β-amino-alcohol motifs (C(OH)–C–C–N with tert-alkyl or cyclic N) is 1. The average Bonchev–Trinajstić information content (AvgIpc) is 3.33. The van der Waals surface area contributed by atoms with Crippen molar-refractivity contribution < 1.29 is 5.11 Å². The Morgan fingerprint density at radius 1 is 1.19 bits per heavy atom. The highest BCUT2D eigenvalue weighted by Gasteiger charge is 2.23. The highest BCUT2D eigenvalue weighted by Crippen LogP contribution is 2.27. The Morgan fingerprint density at radius 3 is 2.74 bits per heavy atom. The molecule has 2 N–H and O–H groups in total. The molecule has 0 radical (unpaired) electrons. The van der Waals surface area contributed by atoms with Gasteiger partial charge in [0.1, 0.15) is 0 Å². The third kappa shape index (κ3) is 4.10. The molecule has 5 heteroatoms. The molecule has 1 aromatic heterocycles. The summed E-state index contributed by atoms with van der Waals surface area (Å²) in [7, 11) is 0. The van der Waals surface area contributed by atoms with Gasteiger partial charge in [-0.2, -0.15) is 5.10 Å². The zero-order valence-corrected chi connectivity index (χ0v) is 16.6. The van der Waals surface area contributed by atoms with Gasteiger partial charge in [-0.25, -0.2) is 0 Å². The molecular formula is C22H32N4O. The highest BCUT2D eigenvalue weighted by molar-refractivity contribution is 5.31. The van der Waals surface area contributed by atoms with Gasteiger partial charge in [0.05, 0.1) is 17.5 Å². The van der Waals surface area contributed by atoms with E-state index >= 15 is 0 Å². The fourth-order valence-electron chi connectivity index (χ4n) is 4.49. The summed E-state index contributed by atoms with van der Waals surface area (Å²) in [5.74, 6) is 0. The molecule has 0 saturated carbocycles. The summed E-state index contributed by atoms with van der Waals surface area (Å²) in [6.07, 6.45) is 4.28. The van der Waals surface area contributed by atoms with Crippen molar-refractivity contribution in [1.82, 2.24) is 20.0 Å². The van der Waals surface area contributed by atoms with Crippen molar-refractivity contribution in [3.63, 3.8) is 0 Å². The predicted octanol–water partition coefficient (Wildman–Crippen LogP) is 2.81. The Morgan fingerprint density at radius 2 is 2.00 bits per heavy atom. The molecule has 0 bridgehead atoms. The lowest BCUT2D eigenvalue weighted by Gasteiger charge is -2.18. The number of aryl methyl sites for hydroxylation is 1. The van der Waals surface area contributed by atoms with Crippen LogP contribution in [-0.4, -0.2) is 39.0 Å². The number of hydrogen-bond donors (Lipinski definition) is 2. The molecular weight excluding hydrogens is 336 g/mol. The van der Waals surface area contributed by atoms with Crippen molar-refractivity contribution in [3.8, 4) is 0 Å². The Hall–Kier alpha value is -1.69. The summed E-state index contributed by atoms with van der Waals surface area (Å²) < 4.78 is 2.22. The van der Waals surface area contributed by atoms with Crippen LogP contribution in [0, 0.1) is 0 Å². The van der Waals surface area contributed by atoms with E-state index in [2.05, 4.69) is 53.0 Å². The molecule has 1 saturated heterocycles. The monoisotopic (exact) mass is 368 g/mol. The van der Waals surface area contributed by atoms with Crippen LogP contribution >= 0.6 is 0 Å². The van der Waals surface area contributed by atoms with Crippen molar-refractivity contribution in [3.05, 3.63) is 52.3 Å². The largest absolute Gasteiger partial charge is 0.392 e. The fraction of sp³-hybridized carbons (Fsp3) is 0.591. The zero-order chi connectivity index (χ0) is 18.8. The van der Waals surface area contributed by atoms with E-state index in [1.54, 1.807) is 0 Å². The number of hydrogen-bond acceptors (Lipinski definition) is 4. The maximum Gasteiger partial charge on any atom is 0.0679 e.